The molecule has 0 aliphatic heterocycles. The van der Waals surface area contributed by atoms with Crippen molar-refractivity contribution in [1.29, 1.82) is 0 Å². The van der Waals surface area contributed by atoms with Gasteiger partial charge in [0.25, 0.3) is 10.0 Å². The minimum absolute atomic E-state index is 0.0110. The predicted molar refractivity (Wildman–Crippen MR) is 73.1 cm³/mol. The minimum atomic E-state index is -3.77. The number of hydrogen-bond donors (Lipinski definition) is 1. The van der Waals surface area contributed by atoms with Gasteiger partial charge in [-0.15, -0.1) is 0 Å². The second-order valence-electron chi connectivity index (χ2n) is 4.35. The molecular formula is C14H14FNO2S. The van der Waals surface area contributed by atoms with Crippen LogP contribution in [0.2, 0.25) is 0 Å². The van der Waals surface area contributed by atoms with Gasteiger partial charge in [0.05, 0.1) is 10.6 Å². The lowest BCUT2D eigenvalue weighted by Crippen LogP contribution is -2.14. The van der Waals surface area contributed by atoms with Gasteiger partial charge in [-0.25, -0.2) is 12.8 Å². The zero-order chi connectivity index (χ0) is 14.0. The first kappa shape index (κ1) is 13.5. The fourth-order valence-electron chi connectivity index (χ4n) is 1.67. The Hall–Kier alpha value is -1.88. The molecular weight excluding hydrogens is 265 g/mol. The third kappa shape index (κ3) is 2.93. The van der Waals surface area contributed by atoms with Gasteiger partial charge in [0, 0.05) is 0 Å². The molecule has 0 spiro atoms. The van der Waals surface area contributed by atoms with Gasteiger partial charge in [-0.1, -0.05) is 29.8 Å². The number of sulfonamides is 1. The van der Waals surface area contributed by atoms with E-state index < -0.39 is 15.8 Å². The lowest BCUT2D eigenvalue weighted by Gasteiger charge is -2.11. The van der Waals surface area contributed by atoms with Gasteiger partial charge in [0.15, 0.2) is 0 Å². The van der Waals surface area contributed by atoms with Crippen LogP contribution in [0.15, 0.2) is 47.4 Å². The first-order chi connectivity index (χ1) is 8.90. The first-order valence-electron chi connectivity index (χ1n) is 5.75. The standard InChI is InChI=1S/C14H14FNO2S/c1-10-6-8-12(9-7-10)19(17,18)16-14-11(2)4-3-5-13(14)15/h3-9,16H,1-2H3. The van der Waals surface area contributed by atoms with Crippen molar-refractivity contribution >= 4 is 15.7 Å². The van der Waals surface area contributed by atoms with Gasteiger partial charge in [-0.05, 0) is 37.6 Å². The molecule has 0 saturated carbocycles. The third-order valence-electron chi connectivity index (χ3n) is 2.79. The van der Waals surface area contributed by atoms with Crippen LogP contribution in [-0.4, -0.2) is 8.42 Å². The average Bonchev–Trinajstić information content (AvgIpc) is 2.35. The summed E-state index contributed by atoms with van der Waals surface area (Å²) in [4.78, 5) is 0.112. The lowest BCUT2D eigenvalue weighted by atomic mass is 10.2. The average molecular weight is 279 g/mol. The van der Waals surface area contributed by atoms with Crippen LogP contribution >= 0.6 is 0 Å². The molecule has 2 aromatic carbocycles. The van der Waals surface area contributed by atoms with Crippen molar-refractivity contribution in [2.24, 2.45) is 0 Å². The van der Waals surface area contributed by atoms with Crippen LogP contribution in [0.25, 0.3) is 0 Å². The van der Waals surface area contributed by atoms with E-state index in [1.807, 2.05) is 6.92 Å². The van der Waals surface area contributed by atoms with Crippen molar-refractivity contribution in [3.8, 4) is 0 Å². The zero-order valence-electron chi connectivity index (χ0n) is 10.6. The van der Waals surface area contributed by atoms with E-state index in [-0.39, 0.29) is 10.6 Å². The monoisotopic (exact) mass is 279 g/mol. The maximum Gasteiger partial charge on any atom is 0.261 e. The molecule has 0 bridgehead atoms. The highest BCUT2D eigenvalue weighted by molar-refractivity contribution is 7.92. The summed E-state index contributed by atoms with van der Waals surface area (Å²) in [6, 6.07) is 10.8. The second-order valence-corrected chi connectivity index (χ2v) is 6.03. The Morgan fingerprint density at radius 2 is 1.63 bits per heavy atom. The molecule has 19 heavy (non-hydrogen) atoms. The Balaban J connectivity index is 2.39. The number of para-hydroxylation sites is 1. The summed E-state index contributed by atoms with van der Waals surface area (Å²) >= 11 is 0. The maximum atomic E-state index is 13.6. The van der Waals surface area contributed by atoms with E-state index in [0.717, 1.165) is 5.56 Å². The lowest BCUT2D eigenvalue weighted by molar-refractivity contribution is 0.598. The van der Waals surface area contributed by atoms with E-state index in [2.05, 4.69) is 4.72 Å². The highest BCUT2D eigenvalue weighted by Crippen LogP contribution is 2.22. The Morgan fingerprint density at radius 3 is 2.21 bits per heavy atom. The SMILES string of the molecule is Cc1ccc(S(=O)(=O)Nc2c(C)cccc2F)cc1. The molecule has 0 atom stereocenters. The van der Waals surface area contributed by atoms with Crippen LogP contribution in [0, 0.1) is 19.7 Å². The molecule has 0 aromatic heterocycles. The van der Waals surface area contributed by atoms with E-state index in [1.54, 1.807) is 25.1 Å². The Morgan fingerprint density at radius 1 is 1.00 bits per heavy atom. The molecule has 2 rings (SSSR count). The van der Waals surface area contributed by atoms with Gasteiger partial charge in [0.1, 0.15) is 5.82 Å². The molecule has 0 heterocycles. The number of hydrogen-bond acceptors (Lipinski definition) is 2. The molecule has 0 amide bonds. The summed E-state index contributed by atoms with van der Waals surface area (Å²) in [6.07, 6.45) is 0. The summed E-state index contributed by atoms with van der Waals surface area (Å²) in [6.45, 7) is 3.51. The van der Waals surface area contributed by atoms with Gasteiger partial charge in [0.2, 0.25) is 0 Å². The van der Waals surface area contributed by atoms with E-state index in [4.69, 9.17) is 0 Å². The van der Waals surface area contributed by atoms with Crippen LogP contribution in [-0.2, 0) is 10.0 Å². The zero-order valence-corrected chi connectivity index (χ0v) is 11.5. The first-order valence-corrected chi connectivity index (χ1v) is 7.23. The molecule has 0 aliphatic rings. The fraction of sp³-hybridized carbons (Fsp3) is 0.143. The Bertz CT molecular complexity index is 674. The summed E-state index contributed by atoms with van der Waals surface area (Å²) < 4.78 is 40.2. The van der Waals surface area contributed by atoms with Crippen molar-refractivity contribution in [2.75, 3.05) is 4.72 Å². The van der Waals surface area contributed by atoms with E-state index in [0.29, 0.717) is 5.56 Å². The van der Waals surface area contributed by atoms with E-state index in [9.17, 15) is 12.8 Å². The van der Waals surface area contributed by atoms with Crippen LogP contribution in [0.1, 0.15) is 11.1 Å². The van der Waals surface area contributed by atoms with Crippen molar-refractivity contribution in [2.45, 2.75) is 18.7 Å². The number of aryl methyl sites for hydroxylation is 2. The van der Waals surface area contributed by atoms with Crippen molar-refractivity contribution < 1.29 is 12.8 Å². The number of halogens is 1. The highest BCUT2D eigenvalue weighted by atomic mass is 32.2. The summed E-state index contributed by atoms with van der Waals surface area (Å²) in [7, 11) is -3.77. The van der Waals surface area contributed by atoms with Gasteiger partial charge >= 0.3 is 0 Å². The second kappa shape index (κ2) is 5.01. The van der Waals surface area contributed by atoms with Crippen molar-refractivity contribution in [3.63, 3.8) is 0 Å². The van der Waals surface area contributed by atoms with Crippen LogP contribution in [0.5, 0.6) is 0 Å². The molecule has 0 saturated heterocycles. The minimum Gasteiger partial charge on any atom is -0.276 e. The largest absolute Gasteiger partial charge is 0.276 e. The molecule has 3 nitrogen and oxygen atoms in total. The Kier molecular flexibility index (Phi) is 3.57. The molecule has 0 aliphatic carbocycles. The number of rotatable bonds is 3. The number of nitrogens with one attached hydrogen (secondary N) is 1. The molecule has 0 unspecified atom stereocenters. The molecule has 2 aromatic rings. The smallest absolute Gasteiger partial charge is 0.261 e. The van der Waals surface area contributed by atoms with Crippen LogP contribution in [0.3, 0.4) is 0 Å². The molecule has 0 fully saturated rings. The van der Waals surface area contributed by atoms with Crippen molar-refractivity contribution in [3.05, 3.63) is 59.4 Å². The Labute approximate surface area is 112 Å². The predicted octanol–water partition coefficient (Wildman–Crippen LogP) is 3.24. The van der Waals surface area contributed by atoms with E-state index >= 15 is 0 Å². The number of anilines is 1. The summed E-state index contributed by atoms with van der Waals surface area (Å²) in [5.74, 6) is -0.587. The van der Waals surface area contributed by atoms with Crippen molar-refractivity contribution in [1.82, 2.24) is 0 Å². The van der Waals surface area contributed by atoms with Gasteiger partial charge in [-0.2, -0.15) is 0 Å². The van der Waals surface area contributed by atoms with E-state index in [1.165, 1.54) is 24.3 Å². The van der Waals surface area contributed by atoms with Gasteiger partial charge in [-0.3, -0.25) is 4.72 Å². The third-order valence-corrected chi connectivity index (χ3v) is 4.16. The topological polar surface area (TPSA) is 46.2 Å². The van der Waals surface area contributed by atoms with Gasteiger partial charge < -0.3 is 0 Å². The number of benzene rings is 2. The maximum absolute atomic E-state index is 13.6. The fourth-order valence-corrected chi connectivity index (χ4v) is 2.81. The highest BCUT2D eigenvalue weighted by Gasteiger charge is 2.17. The molecule has 0 radical (unpaired) electrons. The quantitative estimate of drug-likeness (QED) is 0.937. The molecule has 5 heteroatoms. The van der Waals surface area contributed by atoms with Crippen LogP contribution in [0.4, 0.5) is 10.1 Å². The summed E-state index contributed by atoms with van der Waals surface area (Å²) in [5, 5.41) is 0. The molecule has 1 N–H and O–H groups in total. The summed E-state index contributed by atoms with van der Waals surface area (Å²) in [5.41, 5.74) is 1.49. The normalized spacial score (nSPS) is 11.3. The van der Waals surface area contributed by atoms with Crippen LogP contribution < -0.4 is 4.72 Å². The molecule has 100 valence electrons.